The molecule has 0 aliphatic carbocycles. The molecule has 1 aromatic heterocycles. The van der Waals surface area contributed by atoms with Crippen molar-refractivity contribution in [2.45, 2.75) is 13.0 Å². The zero-order chi connectivity index (χ0) is 17.8. The summed E-state index contributed by atoms with van der Waals surface area (Å²) in [6, 6.07) is 12.8. The highest BCUT2D eigenvalue weighted by atomic mass is 16.5. The quantitative estimate of drug-likeness (QED) is 0.405. The number of fused-ring (bicyclic) bond motifs is 1. The van der Waals surface area contributed by atoms with E-state index < -0.39 is 0 Å². The van der Waals surface area contributed by atoms with Crippen molar-refractivity contribution >= 4 is 22.8 Å². The topological polar surface area (TPSA) is 117 Å². The van der Waals surface area contributed by atoms with Crippen LogP contribution in [0.25, 0.3) is 11.0 Å². The Morgan fingerprint density at radius 2 is 2.04 bits per heavy atom. The molecule has 0 unspecified atom stereocenters. The Balaban J connectivity index is 1.62. The van der Waals surface area contributed by atoms with Gasteiger partial charge in [0, 0.05) is 12.1 Å². The minimum absolute atomic E-state index is 0.00437. The van der Waals surface area contributed by atoms with Crippen LogP contribution < -0.4 is 15.8 Å². The maximum absolute atomic E-state index is 12.1. The second kappa shape index (κ2) is 7.04. The molecule has 0 fully saturated rings. The summed E-state index contributed by atoms with van der Waals surface area (Å²) >= 11 is 0. The lowest BCUT2D eigenvalue weighted by atomic mass is 10.2. The fourth-order valence-electron chi connectivity index (χ4n) is 2.47. The summed E-state index contributed by atoms with van der Waals surface area (Å²) in [5.41, 5.74) is 8.58. The number of hydrogen-bond donors (Lipinski definition) is 4. The molecule has 128 valence electrons. The van der Waals surface area contributed by atoms with Crippen LogP contribution in [0.1, 0.15) is 17.0 Å². The predicted molar refractivity (Wildman–Crippen MR) is 95.7 cm³/mol. The molecule has 0 saturated carbocycles. The zero-order valence-corrected chi connectivity index (χ0v) is 13.8. The number of benzene rings is 2. The molecule has 0 aliphatic heterocycles. The van der Waals surface area contributed by atoms with E-state index in [1.165, 1.54) is 0 Å². The van der Waals surface area contributed by atoms with Crippen molar-refractivity contribution in [2.75, 3.05) is 7.11 Å². The molecule has 0 saturated heterocycles. The molecule has 0 spiro atoms. The van der Waals surface area contributed by atoms with Crippen LogP contribution in [-0.2, 0) is 17.8 Å². The van der Waals surface area contributed by atoms with Crippen molar-refractivity contribution in [2.24, 2.45) is 5.73 Å². The number of nitrogens with two attached hydrogens (primary N) is 1. The third-order valence-electron chi connectivity index (χ3n) is 3.82. The SMILES string of the molecule is COc1ccc(CNC(=O)Cc2nc3ccc(C(=N)N)cc3[nH]2)cc1. The number of rotatable bonds is 6. The van der Waals surface area contributed by atoms with E-state index in [4.69, 9.17) is 15.9 Å². The molecule has 3 aromatic rings. The highest BCUT2D eigenvalue weighted by Gasteiger charge is 2.09. The number of aromatic nitrogens is 2. The van der Waals surface area contributed by atoms with Gasteiger partial charge in [0.2, 0.25) is 5.91 Å². The fourth-order valence-corrected chi connectivity index (χ4v) is 2.47. The number of aromatic amines is 1. The van der Waals surface area contributed by atoms with Gasteiger partial charge in [-0.2, -0.15) is 0 Å². The molecule has 1 heterocycles. The Morgan fingerprint density at radius 1 is 1.28 bits per heavy atom. The lowest BCUT2D eigenvalue weighted by Gasteiger charge is -2.05. The first-order valence-electron chi connectivity index (χ1n) is 7.78. The Morgan fingerprint density at radius 3 is 2.72 bits per heavy atom. The minimum atomic E-state index is -0.123. The molecule has 7 heteroatoms. The van der Waals surface area contributed by atoms with Gasteiger partial charge in [-0.15, -0.1) is 0 Å². The van der Waals surface area contributed by atoms with Crippen molar-refractivity contribution in [1.82, 2.24) is 15.3 Å². The molecular weight excluding hydrogens is 318 g/mol. The lowest BCUT2D eigenvalue weighted by Crippen LogP contribution is -2.24. The third kappa shape index (κ3) is 3.95. The van der Waals surface area contributed by atoms with Crippen molar-refractivity contribution < 1.29 is 9.53 Å². The number of ether oxygens (including phenoxy) is 1. The average Bonchev–Trinajstić information content (AvgIpc) is 3.01. The number of carbonyl (C=O) groups is 1. The molecule has 3 rings (SSSR count). The molecule has 0 aliphatic rings. The van der Waals surface area contributed by atoms with Gasteiger partial charge in [-0.25, -0.2) is 4.98 Å². The van der Waals surface area contributed by atoms with Crippen LogP contribution in [0.4, 0.5) is 0 Å². The summed E-state index contributed by atoms with van der Waals surface area (Å²) in [4.78, 5) is 19.6. The van der Waals surface area contributed by atoms with E-state index in [1.807, 2.05) is 24.3 Å². The summed E-state index contributed by atoms with van der Waals surface area (Å²) in [5.74, 6) is 1.22. The van der Waals surface area contributed by atoms with Gasteiger partial charge in [0.25, 0.3) is 0 Å². The summed E-state index contributed by atoms with van der Waals surface area (Å²) < 4.78 is 5.10. The van der Waals surface area contributed by atoms with Crippen molar-refractivity contribution in [3.63, 3.8) is 0 Å². The fraction of sp³-hybridized carbons (Fsp3) is 0.167. The molecule has 2 aromatic carbocycles. The number of amidine groups is 1. The van der Waals surface area contributed by atoms with Crippen LogP contribution in [-0.4, -0.2) is 28.8 Å². The monoisotopic (exact) mass is 337 g/mol. The maximum Gasteiger partial charge on any atom is 0.227 e. The Bertz CT molecular complexity index is 915. The molecule has 7 nitrogen and oxygen atoms in total. The standard InChI is InChI=1S/C18H19N5O2/c1-25-13-5-2-11(3-6-13)10-21-17(24)9-16-22-14-7-4-12(18(19)20)8-15(14)23-16/h2-8H,9-10H2,1H3,(H3,19,20)(H,21,24)(H,22,23). The number of nitrogen functional groups attached to an aromatic ring is 1. The van der Waals surface area contributed by atoms with Gasteiger partial charge in [0.05, 0.1) is 24.6 Å². The van der Waals surface area contributed by atoms with E-state index in [0.29, 0.717) is 17.9 Å². The number of hydrogen-bond acceptors (Lipinski definition) is 4. The largest absolute Gasteiger partial charge is 0.497 e. The molecule has 25 heavy (non-hydrogen) atoms. The number of imidazole rings is 1. The molecule has 0 bridgehead atoms. The first-order chi connectivity index (χ1) is 12.0. The molecular formula is C18H19N5O2. The predicted octanol–water partition coefficient (Wildman–Crippen LogP) is 1.71. The van der Waals surface area contributed by atoms with Crippen LogP contribution in [0.2, 0.25) is 0 Å². The molecule has 0 radical (unpaired) electrons. The van der Waals surface area contributed by atoms with Crippen LogP contribution in [0.15, 0.2) is 42.5 Å². The minimum Gasteiger partial charge on any atom is -0.497 e. The van der Waals surface area contributed by atoms with E-state index in [2.05, 4.69) is 15.3 Å². The first kappa shape index (κ1) is 16.5. The van der Waals surface area contributed by atoms with Crippen molar-refractivity contribution in [3.05, 3.63) is 59.4 Å². The summed E-state index contributed by atoms with van der Waals surface area (Å²) in [5, 5.41) is 10.3. The Labute approximate surface area is 144 Å². The number of carbonyl (C=O) groups excluding carboxylic acids is 1. The van der Waals surface area contributed by atoms with Crippen molar-refractivity contribution in [1.29, 1.82) is 5.41 Å². The second-order valence-electron chi connectivity index (χ2n) is 5.63. The highest BCUT2D eigenvalue weighted by molar-refractivity contribution is 5.98. The van der Waals surface area contributed by atoms with Crippen LogP contribution in [0.5, 0.6) is 5.75 Å². The molecule has 5 N–H and O–H groups in total. The lowest BCUT2D eigenvalue weighted by molar-refractivity contribution is -0.120. The molecule has 1 amide bonds. The Hall–Kier alpha value is -3.35. The zero-order valence-electron chi connectivity index (χ0n) is 13.8. The van der Waals surface area contributed by atoms with Crippen molar-refractivity contribution in [3.8, 4) is 5.75 Å². The van der Waals surface area contributed by atoms with E-state index in [1.54, 1.807) is 25.3 Å². The van der Waals surface area contributed by atoms with Gasteiger partial charge < -0.3 is 20.8 Å². The number of amides is 1. The summed E-state index contributed by atoms with van der Waals surface area (Å²) in [6.07, 6.45) is 0.153. The van der Waals surface area contributed by atoms with E-state index in [-0.39, 0.29) is 18.2 Å². The number of methoxy groups -OCH3 is 1. The van der Waals surface area contributed by atoms with E-state index >= 15 is 0 Å². The van der Waals surface area contributed by atoms with Gasteiger partial charge in [-0.3, -0.25) is 10.2 Å². The summed E-state index contributed by atoms with van der Waals surface area (Å²) in [7, 11) is 1.61. The van der Waals surface area contributed by atoms with E-state index in [9.17, 15) is 4.79 Å². The maximum atomic E-state index is 12.1. The summed E-state index contributed by atoms with van der Waals surface area (Å²) in [6.45, 7) is 0.442. The molecule has 0 atom stereocenters. The van der Waals surface area contributed by atoms with Gasteiger partial charge in [-0.1, -0.05) is 12.1 Å². The first-order valence-corrected chi connectivity index (χ1v) is 7.78. The van der Waals surface area contributed by atoms with Crippen LogP contribution in [0, 0.1) is 5.41 Å². The normalized spacial score (nSPS) is 10.6. The average molecular weight is 337 g/mol. The number of nitrogens with one attached hydrogen (secondary N) is 3. The highest BCUT2D eigenvalue weighted by Crippen LogP contribution is 2.14. The van der Waals surface area contributed by atoms with Crippen LogP contribution >= 0.6 is 0 Å². The van der Waals surface area contributed by atoms with Gasteiger partial charge in [0.15, 0.2) is 0 Å². The van der Waals surface area contributed by atoms with Gasteiger partial charge in [-0.05, 0) is 35.9 Å². The van der Waals surface area contributed by atoms with E-state index in [0.717, 1.165) is 22.3 Å². The second-order valence-corrected chi connectivity index (χ2v) is 5.63. The smallest absolute Gasteiger partial charge is 0.227 e. The third-order valence-corrected chi connectivity index (χ3v) is 3.82. The van der Waals surface area contributed by atoms with Gasteiger partial charge in [0.1, 0.15) is 17.4 Å². The van der Waals surface area contributed by atoms with Crippen LogP contribution in [0.3, 0.4) is 0 Å². The number of nitrogens with zero attached hydrogens (tertiary/aromatic N) is 1. The number of H-pyrrole nitrogens is 1. The van der Waals surface area contributed by atoms with Gasteiger partial charge >= 0.3 is 0 Å². The Kier molecular flexibility index (Phi) is 4.65.